The molecule has 1 aromatic heterocycles. The minimum atomic E-state index is -0.309. The van der Waals surface area contributed by atoms with Crippen molar-refractivity contribution < 1.29 is 4.74 Å². The molecule has 0 radical (unpaired) electrons. The van der Waals surface area contributed by atoms with Crippen molar-refractivity contribution in [1.82, 2.24) is 14.0 Å². The van der Waals surface area contributed by atoms with E-state index in [1.54, 1.807) is 36.9 Å². The summed E-state index contributed by atoms with van der Waals surface area (Å²) in [5.74, 6) is 1.48. The number of halogens is 1. The Bertz CT molecular complexity index is 1200. The van der Waals surface area contributed by atoms with Crippen molar-refractivity contribution >= 4 is 15.9 Å². The van der Waals surface area contributed by atoms with Gasteiger partial charge in [0.15, 0.2) is 0 Å². The molecule has 0 amide bonds. The van der Waals surface area contributed by atoms with Crippen LogP contribution in [0.3, 0.4) is 0 Å². The quantitative estimate of drug-likeness (QED) is 0.520. The fourth-order valence-corrected chi connectivity index (χ4v) is 4.77. The van der Waals surface area contributed by atoms with Crippen LogP contribution in [0.15, 0.2) is 68.7 Å². The molecule has 0 bridgehead atoms. The molecule has 0 saturated carbocycles. The molecule has 0 spiro atoms. The molecule has 0 atom stereocenters. The molecule has 0 aliphatic carbocycles. The van der Waals surface area contributed by atoms with Gasteiger partial charge in [0.2, 0.25) is 0 Å². The molecule has 1 saturated heterocycles. The van der Waals surface area contributed by atoms with Gasteiger partial charge in [0.25, 0.3) is 5.56 Å². The van der Waals surface area contributed by atoms with Crippen molar-refractivity contribution in [3.05, 3.63) is 91.2 Å². The summed E-state index contributed by atoms with van der Waals surface area (Å²) in [5, 5.41) is 0. The lowest BCUT2D eigenvalue weighted by atomic mass is 9.90. The molecule has 1 aliphatic rings. The van der Waals surface area contributed by atoms with Crippen molar-refractivity contribution in [3.8, 4) is 11.4 Å². The van der Waals surface area contributed by atoms with Crippen LogP contribution in [0.1, 0.15) is 24.1 Å². The summed E-state index contributed by atoms with van der Waals surface area (Å²) in [6, 6.07) is 16.8. The van der Waals surface area contributed by atoms with Crippen molar-refractivity contribution in [2.45, 2.75) is 25.8 Å². The second-order valence-corrected chi connectivity index (χ2v) is 9.22. The van der Waals surface area contributed by atoms with Crippen LogP contribution in [-0.4, -0.2) is 34.2 Å². The number of piperidine rings is 1. The summed E-state index contributed by atoms with van der Waals surface area (Å²) in [6.45, 7) is 2.50. The predicted octanol–water partition coefficient (Wildman–Crippen LogP) is 3.76. The number of methoxy groups -OCH3 is 1. The molecule has 2 aromatic carbocycles. The number of likely N-dealkylation sites (tertiary alicyclic amines) is 1. The Balaban J connectivity index is 1.43. The van der Waals surface area contributed by atoms with Gasteiger partial charge >= 0.3 is 5.69 Å². The zero-order chi connectivity index (χ0) is 22.7. The van der Waals surface area contributed by atoms with Gasteiger partial charge in [-0.05, 0) is 74.2 Å². The van der Waals surface area contributed by atoms with Gasteiger partial charge in [-0.15, -0.1) is 0 Å². The van der Waals surface area contributed by atoms with Crippen molar-refractivity contribution in [2.24, 2.45) is 13.0 Å². The van der Waals surface area contributed by atoms with Gasteiger partial charge in [-0.2, -0.15) is 0 Å². The molecule has 4 rings (SSSR count). The van der Waals surface area contributed by atoms with E-state index in [4.69, 9.17) is 4.74 Å². The van der Waals surface area contributed by atoms with Crippen LogP contribution in [0.25, 0.3) is 5.69 Å². The van der Waals surface area contributed by atoms with Crippen LogP contribution in [-0.2, 0) is 20.0 Å². The first-order valence-corrected chi connectivity index (χ1v) is 11.7. The van der Waals surface area contributed by atoms with E-state index in [1.807, 2.05) is 30.3 Å². The highest BCUT2D eigenvalue weighted by Crippen LogP contribution is 2.29. The van der Waals surface area contributed by atoms with Crippen LogP contribution < -0.4 is 16.0 Å². The van der Waals surface area contributed by atoms with E-state index in [2.05, 4.69) is 26.9 Å². The normalized spacial score (nSPS) is 15.1. The smallest absolute Gasteiger partial charge is 0.335 e. The first-order chi connectivity index (χ1) is 15.5. The van der Waals surface area contributed by atoms with E-state index in [1.165, 1.54) is 10.1 Å². The number of rotatable bonds is 6. The van der Waals surface area contributed by atoms with Gasteiger partial charge in [0.05, 0.1) is 12.8 Å². The maximum absolute atomic E-state index is 12.9. The lowest BCUT2D eigenvalue weighted by molar-refractivity contribution is 0.173. The zero-order valence-corrected chi connectivity index (χ0v) is 20.0. The third-order valence-corrected chi connectivity index (χ3v) is 7.06. The Morgan fingerprint density at radius 3 is 2.44 bits per heavy atom. The van der Waals surface area contributed by atoms with E-state index in [0.717, 1.165) is 48.3 Å². The summed E-state index contributed by atoms with van der Waals surface area (Å²) in [7, 11) is 3.43. The molecule has 1 fully saturated rings. The lowest BCUT2D eigenvalue weighted by Crippen LogP contribution is -2.41. The van der Waals surface area contributed by atoms with Crippen LogP contribution in [0.2, 0.25) is 0 Å². The third kappa shape index (κ3) is 4.89. The number of ether oxygens (including phenoxy) is 1. The number of hydrogen-bond donors (Lipinski definition) is 0. The Labute approximate surface area is 196 Å². The van der Waals surface area contributed by atoms with Crippen LogP contribution >= 0.6 is 15.9 Å². The standard InChI is InChI=1S/C25H28BrN3O3/c1-27-21(16-24(30)29(25(27)31)20-6-4-3-5-7-20)17-28-12-10-18(11-13-28)14-19-15-22(32-2)8-9-23(19)26/h3-9,15-16,18H,10-14,17H2,1-2H3. The fourth-order valence-electron chi connectivity index (χ4n) is 4.36. The fraction of sp³-hybridized carbons (Fsp3) is 0.360. The van der Waals surface area contributed by atoms with Crippen molar-refractivity contribution in [2.75, 3.05) is 20.2 Å². The average Bonchev–Trinajstić information content (AvgIpc) is 2.81. The number of hydrogen-bond acceptors (Lipinski definition) is 4. The first kappa shape index (κ1) is 22.6. The van der Waals surface area contributed by atoms with E-state index in [-0.39, 0.29) is 11.2 Å². The van der Waals surface area contributed by atoms with Gasteiger partial charge in [0, 0.05) is 29.8 Å². The molecule has 3 aromatic rings. The minimum absolute atomic E-state index is 0.285. The SMILES string of the molecule is COc1ccc(Br)c(CC2CCN(Cc3cc(=O)n(-c4ccccc4)c(=O)n3C)CC2)c1. The summed E-state index contributed by atoms with van der Waals surface area (Å²) >= 11 is 3.66. The van der Waals surface area contributed by atoms with Crippen molar-refractivity contribution in [1.29, 1.82) is 0 Å². The van der Waals surface area contributed by atoms with Gasteiger partial charge < -0.3 is 4.74 Å². The molecule has 1 aliphatic heterocycles. The Hall–Kier alpha value is -2.64. The average molecular weight is 498 g/mol. The summed E-state index contributed by atoms with van der Waals surface area (Å²) in [6.07, 6.45) is 3.18. The van der Waals surface area contributed by atoms with Crippen LogP contribution in [0.4, 0.5) is 0 Å². The summed E-state index contributed by atoms with van der Waals surface area (Å²) < 4.78 is 9.30. The topological polar surface area (TPSA) is 56.5 Å². The van der Waals surface area contributed by atoms with E-state index < -0.39 is 0 Å². The van der Waals surface area contributed by atoms with Crippen LogP contribution in [0, 0.1) is 5.92 Å². The number of aromatic nitrogens is 2. The second kappa shape index (κ2) is 9.88. The molecule has 0 unspecified atom stereocenters. The molecule has 7 heteroatoms. The highest BCUT2D eigenvalue weighted by atomic mass is 79.9. The number of benzene rings is 2. The molecule has 2 heterocycles. The molecule has 168 valence electrons. The van der Waals surface area contributed by atoms with Crippen LogP contribution in [0.5, 0.6) is 5.75 Å². The van der Waals surface area contributed by atoms with Gasteiger partial charge in [0.1, 0.15) is 5.75 Å². The minimum Gasteiger partial charge on any atom is -0.497 e. The zero-order valence-electron chi connectivity index (χ0n) is 18.5. The van der Waals surface area contributed by atoms with Gasteiger partial charge in [-0.25, -0.2) is 9.36 Å². The lowest BCUT2D eigenvalue weighted by Gasteiger charge is -2.32. The van der Waals surface area contributed by atoms with E-state index >= 15 is 0 Å². The molecular formula is C25H28BrN3O3. The number of nitrogens with zero attached hydrogens (tertiary/aromatic N) is 3. The van der Waals surface area contributed by atoms with E-state index in [9.17, 15) is 9.59 Å². The largest absolute Gasteiger partial charge is 0.497 e. The summed E-state index contributed by atoms with van der Waals surface area (Å²) in [5.41, 5.74) is 2.02. The summed E-state index contributed by atoms with van der Waals surface area (Å²) in [4.78, 5) is 27.9. The molecular weight excluding hydrogens is 470 g/mol. The van der Waals surface area contributed by atoms with Gasteiger partial charge in [-0.1, -0.05) is 34.1 Å². The monoisotopic (exact) mass is 497 g/mol. The first-order valence-electron chi connectivity index (χ1n) is 10.9. The predicted molar refractivity (Wildman–Crippen MR) is 130 cm³/mol. The third-order valence-electron chi connectivity index (χ3n) is 6.29. The Kier molecular flexibility index (Phi) is 6.96. The van der Waals surface area contributed by atoms with E-state index in [0.29, 0.717) is 18.2 Å². The molecule has 6 nitrogen and oxygen atoms in total. The highest BCUT2D eigenvalue weighted by Gasteiger charge is 2.22. The second-order valence-electron chi connectivity index (χ2n) is 8.37. The maximum Gasteiger partial charge on any atom is 0.335 e. The maximum atomic E-state index is 12.9. The Morgan fingerprint density at radius 1 is 1.03 bits per heavy atom. The number of para-hydroxylation sites is 1. The Morgan fingerprint density at radius 2 is 1.75 bits per heavy atom. The molecule has 0 N–H and O–H groups in total. The highest BCUT2D eigenvalue weighted by molar-refractivity contribution is 9.10. The van der Waals surface area contributed by atoms with Crippen molar-refractivity contribution in [3.63, 3.8) is 0 Å². The molecule has 32 heavy (non-hydrogen) atoms. The van der Waals surface area contributed by atoms with Gasteiger partial charge in [-0.3, -0.25) is 14.3 Å².